The molecule has 0 aromatic rings. The van der Waals surface area contributed by atoms with E-state index in [-0.39, 0.29) is 6.10 Å². The summed E-state index contributed by atoms with van der Waals surface area (Å²) in [6.07, 6.45) is 20.3. The average Bonchev–Trinajstić information content (AvgIpc) is 2.59. The highest BCUT2D eigenvalue weighted by Crippen LogP contribution is 2.46. The van der Waals surface area contributed by atoms with Gasteiger partial charge in [-0.2, -0.15) is 0 Å². The monoisotopic (exact) mass is 418 g/mol. The second-order valence-electron chi connectivity index (χ2n) is 9.56. The van der Waals surface area contributed by atoms with E-state index in [1.807, 2.05) is 0 Å². The average molecular weight is 419 g/mol. The van der Waals surface area contributed by atoms with Gasteiger partial charge in [0.05, 0.1) is 14.1 Å². The maximum Gasteiger partial charge on any atom is 0.328 e. The highest BCUT2D eigenvalue weighted by atomic mass is 31.2. The van der Waals surface area contributed by atoms with E-state index in [1.165, 1.54) is 89.9 Å². The van der Waals surface area contributed by atoms with Crippen molar-refractivity contribution in [1.29, 1.82) is 0 Å². The van der Waals surface area contributed by atoms with Crippen LogP contribution in [0.4, 0.5) is 0 Å². The summed E-state index contributed by atoms with van der Waals surface area (Å²) in [4.78, 5) is 0. The lowest BCUT2D eigenvalue weighted by atomic mass is 10.0. The van der Waals surface area contributed by atoms with Crippen LogP contribution in [0.15, 0.2) is 0 Å². The Kier molecular flexibility index (Phi) is 14.0. The Bertz CT molecular complexity index is 428. The SMILES string of the molecule is CCCCCCCCCCCCCCCC[C@H]1C[N+](C)(C)CCO[P@@](C)(=O)O1. The van der Waals surface area contributed by atoms with Gasteiger partial charge in [-0.25, -0.2) is 0 Å². The lowest BCUT2D eigenvalue weighted by Crippen LogP contribution is -2.48. The second-order valence-corrected chi connectivity index (χ2v) is 11.6. The Morgan fingerprint density at radius 1 is 0.821 bits per heavy atom. The molecule has 0 spiro atoms. The largest absolute Gasteiger partial charge is 0.328 e. The van der Waals surface area contributed by atoms with E-state index in [1.54, 1.807) is 6.66 Å². The summed E-state index contributed by atoms with van der Waals surface area (Å²) in [7, 11) is 1.54. The molecule has 0 aliphatic carbocycles. The standard InChI is InChI=1S/C23H49NO3P/c1-5-6-7-8-9-10-11-12-13-14-15-16-17-18-19-23-22-24(2,3)20-21-26-28(4,25)27-23/h23H,5-22H2,1-4H3/q+1/t23-,28+/m0/s1. The van der Waals surface area contributed by atoms with Crippen LogP contribution in [0.5, 0.6) is 0 Å². The van der Waals surface area contributed by atoms with Crippen molar-refractivity contribution in [2.24, 2.45) is 0 Å². The number of rotatable bonds is 15. The highest BCUT2D eigenvalue weighted by molar-refractivity contribution is 7.53. The molecule has 0 aromatic carbocycles. The fourth-order valence-corrected chi connectivity index (χ4v) is 5.33. The van der Waals surface area contributed by atoms with Crippen LogP contribution in [0.1, 0.15) is 103 Å². The van der Waals surface area contributed by atoms with E-state index in [0.717, 1.165) is 24.0 Å². The molecule has 1 rings (SSSR count). The van der Waals surface area contributed by atoms with Crippen LogP contribution in [-0.4, -0.2) is 51.0 Å². The summed E-state index contributed by atoms with van der Waals surface area (Å²) in [5.41, 5.74) is 0. The van der Waals surface area contributed by atoms with Gasteiger partial charge in [0.25, 0.3) is 0 Å². The van der Waals surface area contributed by atoms with Gasteiger partial charge in [-0.05, 0) is 6.42 Å². The van der Waals surface area contributed by atoms with Crippen molar-refractivity contribution in [3.05, 3.63) is 0 Å². The topological polar surface area (TPSA) is 35.5 Å². The zero-order valence-electron chi connectivity index (χ0n) is 19.4. The molecule has 0 N–H and O–H groups in total. The van der Waals surface area contributed by atoms with Crippen LogP contribution in [0.3, 0.4) is 0 Å². The fraction of sp³-hybridized carbons (Fsp3) is 1.00. The Balaban J connectivity index is 1.99. The predicted octanol–water partition coefficient (Wildman–Crippen LogP) is 7.17. The number of nitrogens with zero attached hydrogens (tertiary/aromatic N) is 1. The first-order chi connectivity index (χ1) is 13.3. The summed E-state index contributed by atoms with van der Waals surface area (Å²) in [6.45, 7) is 6.25. The Hall–Kier alpha value is 0.110. The first-order valence-corrected chi connectivity index (χ1v) is 14.1. The van der Waals surface area contributed by atoms with Crippen molar-refractivity contribution in [1.82, 2.24) is 0 Å². The molecule has 5 heteroatoms. The van der Waals surface area contributed by atoms with Gasteiger partial charge < -0.3 is 9.01 Å². The minimum atomic E-state index is -2.87. The zero-order chi connectivity index (χ0) is 20.7. The minimum absolute atomic E-state index is 0.0588. The maximum absolute atomic E-state index is 12.3. The summed E-state index contributed by atoms with van der Waals surface area (Å²) >= 11 is 0. The van der Waals surface area contributed by atoms with Crippen LogP contribution >= 0.6 is 7.60 Å². The molecule has 168 valence electrons. The number of hydrogen-bond acceptors (Lipinski definition) is 3. The second kappa shape index (κ2) is 15.0. The van der Waals surface area contributed by atoms with E-state index < -0.39 is 7.60 Å². The van der Waals surface area contributed by atoms with Crippen molar-refractivity contribution < 1.29 is 18.1 Å². The van der Waals surface area contributed by atoms with E-state index in [4.69, 9.17) is 9.05 Å². The van der Waals surface area contributed by atoms with Gasteiger partial charge in [0.2, 0.25) is 0 Å². The molecule has 0 aromatic heterocycles. The normalized spacial score (nSPS) is 25.4. The van der Waals surface area contributed by atoms with Crippen molar-refractivity contribution in [2.45, 2.75) is 109 Å². The molecular weight excluding hydrogens is 369 g/mol. The first kappa shape index (κ1) is 26.1. The summed E-state index contributed by atoms with van der Waals surface area (Å²) in [6, 6.07) is 0. The van der Waals surface area contributed by atoms with Crippen LogP contribution < -0.4 is 0 Å². The molecule has 0 radical (unpaired) electrons. The summed E-state index contributed by atoms with van der Waals surface area (Å²) in [5.74, 6) is 0. The van der Waals surface area contributed by atoms with Gasteiger partial charge in [-0.3, -0.25) is 9.09 Å². The lowest BCUT2D eigenvalue weighted by molar-refractivity contribution is -0.893. The van der Waals surface area contributed by atoms with Crippen molar-refractivity contribution in [2.75, 3.05) is 40.5 Å². The summed E-state index contributed by atoms with van der Waals surface area (Å²) < 4.78 is 24.5. The lowest BCUT2D eigenvalue weighted by Gasteiger charge is -2.36. The first-order valence-electron chi connectivity index (χ1n) is 12.1. The molecule has 0 bridgehead atoms. The quantitative estimate of drug-likeness (QED) is 0.161. The van der Waals surface area contributed by atoms with Gasteiger partial charge in [0.15, 0.2) is 0 Å². The molecule has 1 heterocycles. The molecule has 0 saturated carbocycles. The predicted molar refractivity (Wildman–Crippen MR) is 121 cm³/mol. The molecule has 2 atom stereocenters. The Labute approximate surface area is 175 Å². The van der Waals surface area contributed by atoms with Gasteiger partial charge >= 0.3 is 7.60 Å². The smallest absolute Gasteiger partial charge is 0.324 e. The Morgan fingerprint density at radius 3 is 1.79 bits per heavy atom. The minimum Gasteiger partial charge on any atom is -0.324 e. The third-order valence-corrected chi connectivity index (χ3v) is 7.27. The number of hydrogen-bond donors (Lipinski definition) is 0. The third-order valence-electron chi connectivity index (χ3n) is 5.94. The molecule has 1 aliphatic rings. The van der Waals surface area contributed by atoms with Crippen molar-refractivity contribution >= 4 is 7.60 Å². The molecule has 1 aliphatic heterocycles. The third kappa shape index (κ3) is 14.1. The van der Waals surface area contributed by atoms with E-state index in [9.17, 15) is 4.57 Å². The maximum atomic E-state index is 12.3. The highest BCUT2D eigenvalue weighted by Gasteiger charge is 2.32. The van der Waals surface area contributed by atoms with E-state index in [2.05, 4.69) is 21.0 Å². The van der Waals surface area contributed by atoms with Crippen LogP contribution in [0.2, 0.25) is 0 Å². The van der Waals surface area contributed by atoms with Crippen molar-refractivity contribution in [3.8, 4) is 0 Å². The molecule has 1 fully saturated rings. The molecule has 0 unspecified atom stereocenters. The van der Waals surface area contributed by atoms with Gasteiger partial charge in [0.1, 0.15) is 25.8 Å². The van der Waals surface area contributed by atoms with Gasteiger partial charge in [-0.15, -0.1) is 0 Å². The van der Waals surface area contributed by atoms with Gasteiger partial charge in [-0.1, -0.05) is 96.8 Å². The van der Waals surface area contributed by atoms with Crippen molar-refractivity contribution in [3.63, 3.8) is 0 Å². The molecule has 0 amide bonds. The van der Waals surface area contributed by atoms with Gasteiger partial charge in [0, 0.05) is 6.66 Å². The van der Waals surface area contributed by atoms with Crippen LogP contribution in [-0.2, 0) is 13.6 Å². The van der Waals surface area contributed by atoms with E-state index >= 15 is 0 Å². The van der Waals surface area contributed by atoms with Crippen LogP contribution in [0.25, 0.3) is 0 Å². The number of unbranched alkanes of at least 4 members (excludes halogenated alkanes) is 13. The summed E-state index contributed by atoms with van der Waals surface area (Å²) in [5, 5.41) is 0. The van der Waals surface area contributed by atoms with E-state index in [0.29, 0.717) is 6.61 Å². The number of likely N-dealkylation sites (N-methyl/N-ethyl adjacent to an activating group) is 1. The number of quaternary nitrogens is 1. The Morgan fingerprint density at radius 2 is 1.29 bits per heavy atom. The molecular formula is C23H49NO3P+. The molecule has 1 saturated heterocycles. The fourth-order valence-electron chi connectivity index (χ4n) is 4.14. The zero-order valence-corrected chi connectivity index (χ0v) is 20.3. The molecule has 28 heavy (non-hydrogen) atoms. The molecule has 4 nitrogen and oxygen atoms in total. The van der Waals surface area contributed by atoms with Crippen LogP contribution in [0, 0.1) is 0 Å².